The van der Waals surface area contributed by atoms with Gasteiger partial charge in [0.1, 0.15) is 0 Å². The third-order valence-corrected chi connectivity index (χ3v) is 6.34. The molecule has 0 spiro atoms. The predicted octanol–water partition coefficient (Wildman–Crippen LogP) is 5.20. The van der Waals surface area contributed by atoms with E-state index in [2.05, 4.69) is 44.9 Å². The summed E-state index contributed by atoms with van der Waals surface area (Å²) < 4.78 is 1.82. The van der Waals surface area contributed by atoms with Gasteiger partial charge >= 0.3 is 0 Å². The van der Waals surface area contributed by atoms with Crippen LogP contribution in [0.25, 0.3) is 0 Å². The third-order valence-electron chi connectivity index (χ3n) is 3.09. The van der Waals surface area contributed by atoms with Crippen molar-refractivity contribution in [1.29, 1.82) is 5.26 Å². The summed E-state index contributed by atoms with van der Waals surface area (Å²) in [5.41, 5.74) is 1.65. The minimum atomic E-state index is 0.0302. The van der Waals surface area contributed by atoms with E-state index < -0.39 is 0 Å². The van der Waals surface area contributed by atoms with Crippen LogP contribution in [0.3, 0.4) is 0 Å². The summed E-state index contributed by atoms with van der Waals surface area (Å²) >= 11 is 8.27. The number of nitriles is 1. The molecule has 3 nitrogen and oxygen atoms in total. The Hall–Kier alpha value is -1.16. The lowest BCUT2D eigenvalue weighted by Gasteiger charge is -2.21. The highest BCUT2D eigenvalue weighted by Gasteiger charge is 2.19. The first-order chi connectivity index (χ1) is 10.5. The van der Waals surface area contributed by atoms with E-state index in [1.165, 1.54) is 11.3 Å². The summed E-state index contributed by atoms with van der Waals surface area (Å²) in [6.45, 7) is 3.30. The third kappa shape index (κ3) is 4.19. The number of hydrogen-bond acceptors (Lipinski definition) is 3. The molecule has 2 aromatic rings. The Balaban J connectivity index is 2.18. The van der Waals surface area contributed by atoms with E-state index in [0.29, 0.717) is 23.5 Å². The van der Waals surface area contributed by atoms with Crippen LogP contribution in [0.1, 0.15) is 34.1 Å². The molecule has 114 valence electrons. The quantitative estimate of drug-likeness (QED) is 0.640. The van der Waals surface area contributed by atoms with E-state index in [1.54, 1.807) is 12.1 Å². The number of halogens is 2. The largest absolute Gasteiger partial charge is 0.334 e. The molecule has 0 radical (unpaired) electrons. The predicted molar refractivity (Wildman–Crippen MR) is 95.9 cm³/mol. The fourth-order valence-electron chi connectivity index (χ4n) is 2.04. The second-order valence-corrected chi connectivity index (χ2v) is 7.99. The van der Waals surface area contributed by atoms with Crippen molar-refractivity contribution < 1.29 is 4.79 Å². The molecule has 0 fully saturated rings. The fraction of sp³-hybridized carbons (Fsp3) is 0.250. The summed E-state index contributed by atoms with van der Waals surface area (Å²) in [5.74, 6) is 0.0302. The van der Waals surface area contributed by atoms with Gasteiger partial charge in [0.15, 0.2) is 0 Å². The van der Waals surface area contributed by atoms with E-state index in [-0.39, 0.29) is 5.91 Å². The lowest BCUT2D eigenvalue weighted by molar-refractivity contribution is 0.0748. The average molecular weight is 442 g/mol. The van der Waals surface area contributed by atoms with Gasteiger partial charge in [-0.1, -0.05) is 19.1 Å². The molecule has 0 saturated heterocycles. The Morgan fingerprint density at radius 1 is 1.32 bits per heavy atom. The smallest absolute Gasteiger partial charge is 0.264 e. The molecule has 22 heavy (non-hydrogen) atoms. The van der Waals surface area contributed by atoms with Crippen molar-refractivity contribution in [3.05, 3.63) is 54.6 Å². The molecule has 1 aromatic carbocycles. The van der Waals surface area contributed by atoms with Gasteiger partial charge in [-0.05, 0) is 62.0 Å². The molecule has 1 amide bonds. The Kier molecular flexibility index (Phi) is 6.18. The molecule has 0 aliphatic carbocycles. The molecule has 0 bridgehead atoms. The molecule has 0 N–H and O–H groups in total. The fourth-order valence-corrected chi connectivity index (χ4v) is 4.04. The lowest BCUT2D eigenvalue weighted by atomic mass is 10.1. The van der Waals surface area contributed by atoms with Crippen LogP contribution in [0.2, 0.25) is 0 Å². The van der Waals surface area contributed by atoms with Crippen molar-refractivity contribution in [1.82, 2.24) is 4.90 Å². The maximum absolute atomic E-state index is 12.7. The second kappa shape index (κ2) is 7.91. The first-order valence-corrected chi connectivity index (χ1v) is 9.18. The highest BCUT2D eigenvalue weighted by atomic mass is 79.9. The normalized spacial score (nSPS) is 10.3. The molecule has 1 heterocycles. The minimum Gasteiger partial charge on any atom is -0.334 e. The number of benzene rings is 1. The molecule has 0 unspecified atom stereocenters. The van der Waals surface area contributed by atoms with Gasteiger partial charge in [-0.3, -0.25) is 4.79 Å². The van der Waals surface area contributed by atoms with Gasteiger partial charge in [0.2, 0.25) is 0 Å². The Labute approximate surface area is 150 Å². The van der Waals surface area contributed by atoms with Crippen LogP contribution >= 0.6 is 43.2 Å². The molecule has 1 aromatic heterocycles. The Morgan fingerprint density at radius 3 is 2.50 bits per heavy atom. The van der Waals surface area contributed by atoms with Crippen LogP contribution in [0.15, 0.2) is 38.6 Å². The maximum atomic E-state index is 12.7. The van der Waals surface area contributed by atoms with Gasteiger partial charge in [0.25, 0.3) is 5.91 Å². The zero-order valence-corrected chi connectivity index (χ0v) is 16.0. The molecule has 0 aliphatic rings. The van der Waals surface area contributed by atoms with Crippen LogP contribution in [0, 0.1) is 11.3 Å². The van der Waals surface area contributed by atoms with Crippen LogP contribution in [-0.2, 0) is 6.54 Å². The summed E-state index contributed by atoms with van der Waals surface area (Å²) in [4.78, 5) is 15.2. The number of rotatable bonds is 5. The highest BCUT2D eigenvalue weighted by molar-refractivity contribution is 9.13. The first-order valence-electron chi connectivity index (χ1n) is 6.78. The van der Waals surface area contributed by atoms with Crippen LogP contribution in [0.5, 0.6) is 0 Å². The zero-order chi connectivity index (χ0) is 16.1. The number of amides is 1. The summed E-state index contributed by atoms with van der Waals surface area (Å²) in [5, 5.41) is 8.84. The van der Waals surface area contributed by atoms with Gasteiger partial charge in [0.05, 0.1) is 20.3 Å². The van der Waals surface area contributed by atoms with E-state index in [9.17, 15) is 4.79 Å². The van der Waals surface area contributed by atoms with E-state index in [1.807, 2.05) is 23.1 Å². The maximum Gasteiger partial charge on any atom is 0.264 e. The van der Waals surface area contributed by atoms with Gasteiger partial charge in [-0.15, -0.1) is 11.3 Å². The Bertz CT molecular complexity index is 684. The standard InChI is InChI=1S/C16H14Br2N2OS/c1-2-7-20(10-12-5-3-11(9-19)4-6-12)16(21)14-8-13(17)15(18)22-14/h3-6,8H,2,7,10H2,1H3. The monoisotopic (exact) mass is 440 g/mol. The SMILES string of the molecule is CCCN(Cc1ccc(C#N)cc1)C(=O)c1cc(Br)c(Br)s1. The number of nitrogens with zero attached hydrogens (tertiary/aromatic N) is 2. The van der Waals surface area contributed by atoms with Gasteiger partial charge in [-0.25, -0.2) is 0 Å². The van der Waals surface area contributed by atoms with Crippen molar-refractivity contribution >= 4 is 49.1 Å². The number of carbonyl (C=O) groups excluding carboxylic acids is 1. The van der Waals surface area contributed by atoms with Gasteiger partial charge < -0.3 is 4.90 Å². The molecule has 2 rings (SSSR count). The summed E-state index contributed by atoms with van der Waals surface area (Å²) in [7, 11) is 0. The van der Waals surface area contributed by atoms with Crippen molar-refractivity contribution in [2.24, 2.45) is 0 Å². The first kappa shape index (κ1) is 17.2. The molecule has 0 atom stereocenters. The lowest BCUT2D eigenvalue weighted by Crippen LogP contribution is -2.30. The van der Waals surface area contributed by atoms with Crippen molar-refractivity contribution in [2.45, 2.75) is 19.9 Å². The van der Waals surface area contributed by atoms with E-state index in [0.717, 1.165) is 20.2 Å². The number of carbonyl (C=O) groups is 1. The molecule has 0 saturated carbocycles. The van der Waals surface area contributed by atoms with Crippen molar-refractivity contribution in [3.8, 4) is 6.07 Å². The summed E-state index contributed by atoms with van der Waals surface area (Å²) in [6, 6.07) is 11.3. The van der Waals surface area contributed by atoms with Crippen molar-refractivity contribution in [3.63, 3.8) is 0 Å². The van der Waals surface area contributed by atoms with Crippen LogP contribution in [0.4, 0.5) is 0 Å². The van der Waals surface area contributed by atoms with Crippen molar-refractivity contribution in [2.75, 3.05) is 6.54 Å². The van der Waals surface area contributed by atoms with E-state index >= 15 is 0 Å². The Morgan fingerprint density at radius 2 is 2.00 bits per heavy atom. The number of thiophene rings is 1. The average Bonchev–Trinajstić information content (AvgIpc) is 2.86. The number of hydrogen-bond donors (Lipinski definition) is 0. The topological polar surface area (TPSA) is 44.1 Å². The van der Waals surface area contributed by atoms with Crippen LogP contribution in [-0.4, -0.2) is 17.4 Å². The second-order valence-electron chi connectivity index (χ2n) is 4.77. The van der Waals surface area contributed by atoms with E-state index in [4.69, 9.17) is 5.26 Å². The minimum absolute atomic E-state index is 0.0302. The molecular weight excluding hydrogens is 428 g/mol. The summed E-state index contributed by atoms with van der Waals surface area (Å²) in [6.07, 6.45) is 0.899. The molecule has 6 heteroatoms. The zero-order valence-electron chi connectivity index (χ0n) is 12.0. The van der Waals surface area contributed by atoms with Gasteiger partial charge in [0, 0.05) is 17.6 Å². The molecule has 0 aliphatic heterocycles. The molecular formula is C16H14Br2N2OS. The highest BCUT2D eigenvalue weighted by Crippen LogP contribution is 2.33. The van der Waals surface area contributed by atoms with Crippen LogP contribution < -0.4 is 0 Å². The van der Waals surface area contributed by atoms with Gasteiger partial charge in [-0.2, -0.15) is 5.26 Å².